The number of likely N-dealkylation sites (tertiary alicyclic amines) is 1. The quantitative estimate of drug-likeness (QED) is 0.544. The van der Waals surface area contributed by atoms with Crippen molar-refractivity contribution in [2.45, 2.75) is 79.6 Å². The molecule has 4 rings (SSSR count). The normalized spacial score (nSPS) is 20.9. The maximum Gasteiger partial charge on any atom is 0.240 e. The summed E-state index contributed by atoms with van der Waals surface area (Å²) in [7, 11) is 0. The lowest BCUT2D eigenvalue weighted by Crippen LogP contribution is -2.52. The van der Waals surface area contributed by atoms with Crippen molar-refractivity contribution in [3.8, 4) is 0 Å². The number of rotatable bonds is 8. The second-order valence-corrected chi connectivity index (χ2v) is 12.3. The van der Waals surface area contributed by atoms with Gasteiger partial charge in [0.05, 0.1) is 12.6 Å². The van der Waals surface area contributed by atoms with E-state index in [4.69, 9.17) is 4.42 Å². The lowest BCUT2D eigenvalue weighted by molar-refractivity contribution is -0.136. The summed E-state index contributed by atoms with van der Waals surface area (Å²) in [5.74, 6) is 2.14. The summed E-state index contributed by atoms with van der Waals surface area (Å²) >= 11 is 0. The number of nitrogens with zero attached hydrogens (tertiary/aromatic N) is 3. The first-order valence-electron chi connectivity index (χ1n) is 13.8. The lowest BCUT2D eigenvalue weighted by Gasteiger charge is -2.36. The van der Waals surface area contributed by atoms with Crippen LogP contribution in [0.15, 0.2) is 47.0 Å². The van der Waals surface area contributed by atoms with Gasteiger partial charge in [-0.1, -0.05) is 57.2 Å². The van der Waals surface area contributed by atoms with Crippen LogP contribution in [0, 0.1) is 26.2 Å². The molecule has 2 aliphatic rings. The molecule has 0 aliphatic carbocycles. The highest BCUT2D eigenvalue weighted by Gasteiger charge is 2.42. The Morgan fingerprint density at radius 1 is 1.16 bits per heavy atom. The first kappa shape index (κ1) is 27.5. The number of allylic oxidation sites excluding steroid dienone is 1. The van der Waals surface area contributed by atoms with Crippen molar-refractivity contribution in [1.29, 1.82) is 0 Å². The lowest BCUT2D eigenvalue weighted by atomic mass is 9.90. The topological polar surface area (TPSA) is 52.0 Å². The van der Waals surface area contributed by atoms with Gasteiger partial charge in [-0.05, 0) is 56.2 Å². The van der Waals surface area contributed by atoms with E-state index in [9.17, 15) is 4.79 Å². The highest BCUT2D eigenvalue weighted by atomic mass is 16.3. The molecule has 0 bridgehead atoms. The number of aryl methyl sites for hydroxylation is 3. The average molecular weight is 507 g/mol. The Morgan fingerprint density at radius 3 is 2.51 bits per heavy atom. The van der Waals surface area contributed by atoms with E-state index in [1.807, 2.05) is 11.8 Å². The molecule has 2 aliphatic heterocycles. The molecule has 3 heterocycles. The molecule has 1 aromatic carbocycles. The number of carbonyl (C=O) groups is 1. The average Bonchev–Trinajstić information content (AvgIpc) is 3.38. The summed E-state index contributed by atoms with van der Waals surface area (Å²) in [6, 6.07) is 10.9. The van der Waals surface area contributed by atoms with E-state index in [-0.39, 0.29) is 23.4 Å². The van der Waals surface area contributed by atoms with Crippen LogP contribution in [-0.2, 0) is 17.9 Å². The van der Waals surface area contributed by atoms with Crippen molar-refractivity contribution in [3.63, 3.8) is 0 Å². The van der Waals surface area contributed by atoms with Gasteiger partial charge in [-0.25, -0.2) is 0 Å². The Hall–Kier alpha value is -2.57. The minimum atomic E-state index is -0.156. The predicted octanol–water partition coefficient (Wildman–Crippen LogP) is 5.03. The van der Waals surface area contributed by atoms with Crippen molar-refractivity contribution in [2.75, 3.05) is 32.7 Å². The van der Waals surface area contributed by atoms with E-state index in [1.165, 1.54) is 11.1 Å². The monoisotopic (exact) mass is 506 g/mol. The maximum atomic E-state index is 13.8. The van der Waals surface area contributed by atoms with Gasteiger partial charge in [-0.2, -0.15) is 0 Å². The SMILES string of the molecule is C=C(CC(C)(C)C)N(Cc1cccc(C)c1)[C@H]1C[C@@H](C(=O)N2CCNCC2)N(Cc2cc(C)c(C)o2)C1. The zero-order valence-corrected chi connectivity index (χ0v) is 23.8. The van der Waals surface area contributed by atoms with Crippen molar-refractivity contribution < 1.29 is 9.21 Å². The van der Waals surface area contributed by atoms with E-state index in [2.05, 4.69) is 86.6 Å². The molecule has 1 amide bonds. The number of nitrogens with one attached hydrogen (secondary N) is 1. The maximum absolute atomic E-state index is 13.8. The second-order valence-electron chi connectivity index (χ2n) is 12.3. The highest BCUT2D eigenvalue weighted by Crippen LogP contribution is 2.33. The Kier molecular flexibility index (Phi) is 8.49. The van der Waals surface area contributed by atoms with Crippen molar-refractivity contribution in [1.82, 2.24) is 20.0 Å². The molecule has 0 saturated carbocycles. The third kappa shape index (κ3) is 7.05. The number of hydrogen-bond acceptors (Lipinski definition) is 5. The Morgan fingerprint density at radius 2 is 1.89 bits per heavy atom. The van der Waals surface area contributed by atoms with E-state index < -0.39 is 0 Å². The summed E-state index contributed by atoms with van der Waals surface area (Å²) in [5.41, 5.74) is 5.01. The van der Waals surface area contributed by atoms with E-state index >= 15 is 0 Å². The van der Waals surface area contributed by atoms with Crippen LogP contribution in [-0.4, -0.2) is 65.4 Å². The standard InChI is InChI=1S/C31H46N4O2/c1-22-9-8-10-26(15-22)19-35(24(3)18-31(5,6)7)27-17-29(30(36)33-13-11-32-12-14-33)34(20-27)21-28-16-23(2)25(4)37-28/h8-10,15-16,27,29,32H,3,11-14,17-21H2,1-2,4-7H3/t27-,29-/m0/s1. The zero-order valence-electron chi connectivity index (χ0n) is 23.8. The summed E-state index contributed by atoms with van der Waals surface area (Å²) in [4.78, 5) is 20.7. The third-order valence-corrected chi connectivity index (χ3v) is 7.69. The Bertz CT molecular complexity index is 1070. The summed E-state index contributed by atoms with van der Waals surface area (Å²) in [6.45, 7) is 23.2. The van der Waals surface area contributed by atoms with Gasteiger partial charge < -0.3 is 19.5 Å². The summed E-state index contributed by atoms with van der Waals surface area (Å²) in [5, 5.41) is 3.37. The molecular weight excluding hydrogens is 460 g/mol. The van der Waals surface area contributed by atoms with Crippen LogP contribution in [0.1, 0.15) is 61.8 Å². The van der Waals surface area contributed by atoms with Crippen LogP contribution in [0.25, 0.3) is 0 Å². The van der Waals surface area contributed by atoms with Gasteiger partial charge in [0.1, 0.15) is 11.5 Å². The molecule has 2 atom stereocenters. The van der Waals surface area contributed by atoms with Gasteiger partial charge in [0.2, 0.25) is 5.91 Å². The molecule has 2 fully saturated rings. The van der Waals surface area contributed by atoms with E-state index in [0.717, 1.165) is 74.9 Å². The molecule has 2 saturated heterocycles. The van der Waals surface area contributed by atoms with Gasteiger partial charge in [-0.15, -0.1) is 0 Å². The molecule has 6 nitrogen and oxygen atoms in total. The minimum Gasteiger partial charge on any atom is -0.465 e. The summed E-state index contributed by atoms with van der Waals surface area (Å²) < 4.78 is 6.06. The summed E-state index contributed by atoms with van der Waals surface area (Å²) in [6.07, 6.45) is 1.72. The molecule has 0 spiro atoms. The predicted molar refractivity (Wildman–Crippen MR) is 150 cm³/mol. The Balaban J connectivity index is 1.61. The first-order chi connectivity index (χ1) is 17.5. The van der Waals surface area contributed by atoms with Gasteiger partial charge in [0.25, 0.3) is 0 Å². The molecule has 2 aromatic rings. The molecule has 37 heavy (non-hydrogen) atoms. The van der Waals surface area contributed by atoms with E-state index in [1.54, 1.807) is 0 Å². The number of amides is 1. The van der Waals surface area contributed by atoms with Gasteiger partial charge >= 0.3 is 0 Å². The second kappa shape index (κ2) is 11.4. The number of carbonyl (C=O) groups excluding carboxylic acids is 1. The van der Waals surface area contributed by atoms with Gasteiger partial charge in [-0.3, -0.25) is 9.69 Å². The highest BCUT2D eigenvalue weighted by molar-refractivity contribution is 5.82. The Labute approximate surface area is 223 Å². The molecule has 6 heteroatoms. The van der Waals surface area contributed by atoms with E-state index in [0.29, 0.717) is 6.54 Å². The molecular formula is C31H46N4O2. The van der Waals surface area contributed by atoms with Crippen LogP contribution in [0.2, 0.25) is 0 Å². The fourth-order valence-electron chi connectivity index (χ4n) is 5.78. The van der Waals surface area contributed by atoms with Crippen LogP contribution in [0.5, 0.6) is 0 Å². The number of benzene rings is 1. The number of hydrogen-bond donors (Lipinski definition) is 1. The third-order valence-electron chi connectivity index (χ3n) is 7.69. The van der Waals surface area contributed by atoms with Crippen molar-refractivity contribution in [3.05, 3.63) is 70.8 Å². The smallest absolute Gasteiger partial charge is 0.240 e. The molecule has 0 radical (unpaired) electrons. The first-order valence-corrected chi connectivity index (χ1v) is 13.8. The molecule has 0 unspecified atom stereocenters. The van der Waals surface area contributed by atoms with Crippen molar-refractivity contribution >= 4 is 5.91 Å². The fourth-order valence-corrected chi connectivity index (χ4v) is 5.78. The van der Waals surface area contributed by atoms with Gasteiger partial charge in [0, 0.05) is 51.0 Å². The van der Waals surface area contributed by atoms with Gasteiger partial charge in [0.15, 0.2) is 0 Å². The minimum absolute atomic E-state index is 0.138. The molecule has 1 aromatic heterocycles. The number of piperazine rings is 1. The van der Waals surface area contributed by atoms with Crippen LogP contribution in [0.3, 0.4) is 0 Å². The van der Waals surface area contributed by atoms with Crippen LogP contribution >= 0.6 is 0 Å². The largest absolute Gasteiger partial charge is 0.465 e. The van der Waals surface area contributed by atoms with Crippen LogP contribution in [0.4, 0.5) is 0 Å². The van der Waals surface area contributed by atoms with Crippen LogP contribution < -0.4 is 5.32 Å². The molecule has 202 valence electrons. The number of furan rings is 1. The van der Waals surface area contributed by atoms with Crippen molar-refractivity contribution in [2.24, 2.45) is 5.41 Å². The fraction of sp³-hybridized carbons (Fsp3) is 0.581. The molecule has 1 N–H and O–H groups in total. The zero-order chi connectivity index (χ0) is 26.7.